The van der Waals surface area contributed by atoms with Crippen molar-refractivity contribution >= 4 is 33.4 Å². The molecule has 18 heavy (non-hydrogen) atoms. The van der Waals surface area contributed by atoms with Crippen LogP contribution in [0.2, 0.25) is 0 Å². The van der Waals surface area contributed by atoms with Gasteiger partial charge in [-0.15, -0.1) is 11.8 Å². The summed E-state index contributed by atoms with van der Waals surface area (Å²) < 4.78 is 9.06. The van der Waals surface area contributed by atoms with Gasteiger partial charge in [-0.3, -0.25) is 0 Å². The van der Waals surface area contributed by atoms with Crippen LogP contribution >= 0.6 is 27.7 Å². The first kappa shape index (κ1) is 10.7. The summed E-state index contributed by atoms with van der Waals surface area (Å²) in [4.78, 5) is 4.36. The van der Waals surface area contributed by atoms with E-state index in [9.17, 15) is 0 Å². The number of hydrogen-bond donors (Lipinski definition) is 0. The molecule has 1 unspecified atom stereocenters. The van der Waals surface area contributed by atoms with Gasteiger partial charge in [-0.2, -0.15) is 0 Å². The molecule has 3 nitrogen and oxygen atoms in total. The Morgan fingerprint density at radius 2 is 2.33 bits per heavy atom. The monoisotopic (exact) mass is 320 g/mol. The maximum atomic E-state index is 5.87. The molecule has 0 radical (unpaired) electrons. The van der Waals surface area contributed by atoms with E-state index in [-0.39, 0.29) is 5.25 Å². The van der Waals surface area contributed by atoms with E-state index in [4.69, 9.17) is 4.74 Å². The Kier molecular flexibility index (Phi) is 2.17. The Hall–Kier alpha value is -1.20. The Balaban J connectivity index is 1.98. The quantitative estimate of drug-likeness (QED) is 0.719. The second-order valence-corrected chi connectivity index (χ2v) is 6.26. The number of ether oxygens (including phenoxy) is 1. The van der Waals surface area contributed by atoms with Gasteiger partial charge in [0, 0.05) is 15.7 Å². The summed E-state index contributed by atoms with van der Waals surface area (Å²) in [6, 6.07) is 6.12. The van der Waals surface area contributed by atoms with Gasteiger partial charge in [0.1, 0.15) is 17.8 Å². The predicted octanol–water partition coefficient (Wildman–Crippen LogP) is 4.41. The van der Waals surface area contributed by atoms with Crippen LogP contribution < -0.4 is 4.74 Å². The van der Waals surface area contributed by atoms with Gasteiger partial charge in [-0.25, -0.2) is 4.98 Å². The van der Waals surface area contributed by atoms with Gasteiger partial charge in [-0.1, -0.05) is 15.9 Å². The summed E-state index contributed by atoms with van der Waals surface area (Å²) in [7, 11) is 0. The van der Waals surface area contributed by atoms with Crippen molar-refractivity contribution in [1.29, 1.82) is 0 Å². The summed E-state index contributed by atoms with van der Waals surface area (Å²) in [5, 5.41) is 2.45. The predicted molar refractivity (Wildman–Crippen MR) is 75.8 cm³/mol. The summed E-state index contributed by atoms with van der Waals surface area (Å²) >= 11 is 5.34. The summed E-state index contributed by atoms with van der Waals surface area (Å²) in [6.45, 7) is 2.08. The van der Waals surface area contributed by atoms with E-state index in [0.29, 0.717) is 0 Å². The normalized spacial score (nSPS) is 19.7. The third kappa shape index (κ3) is 1.34. The highest BCUT2D eigenvalue weighted by Crippen LogP contribution is 2.52. The van der Waals surface area contributed by atoms with Crippen LogP contribution in [0.1, 0.15) is 23.4 Å². The molecular formula is C13H9BrN2OS. The van der Waals surface area contributed by atoms with Crippen LogP contribution in [0.15, 0.2) is 34.4 Å². The van der Waals surface area contributed by atoms with E-state index in [2.05, 4.69) is 43.9 Å². The molecule has 4 rings (SSSR count). The molecule has 1 aromatic heterocycles. The number of rotatable bonds is 0. The van der Waals surface area contributed by atoms with E-state index in [1.54, 1.807) is 0 Å². The molecule has 0 saturated carbocycles. The highest BCUT2D eigenvalue weighted by Gasteiger charge is 2.34. The molecule has 0 bridgehead atoms. The molecule has 0 aliphatic carbocycles. The summed E-state index contributed by atoms with van der Waals surface area (Å²) in [5.74, 6) is 1.64. The molecule has 3 heterocycles. The molecule has 1 atom stereocenters. The first-order valence-electron chi connectivity index (χ1n) is 5.61. The molecule has 2 aliphatic rings. The van der Waals surface area contributed by atoms with Crippen LogP contribution in [-0.2, 0) is 0 Å². The number of allylic oxidation sites excluding steroid dienone is 1. The molecule has 5 heteroatoms. The highest BCUT2D eigenvalue weighted by molar-refractivity contribution is 9.10. The van der Waals surface area contributed by atoms with Crippen LogP contribution in [-0.4, -0.2) is 9.55 Å². The lowest BCUT2D eigenvalue weighted by atomic mass is 10.1. The topological polar surface area (TPSA) is 27.1 Å². The fourth-order valence-corrected chi connectivity index (χ4v) is 3.87. The zero-order valence-corrected chi connectivity index (χ0v) is 12.0. The number of fused-ring (bicyclic) bond motifs is 2. The third-order valence-electron chi connectivity index (χ3n) is 3.23. The van der Waals surface area contributed by atoms with E-state index >= 15 is 0 Å². The number of aromatic nitrogens is 2. The van der Waals surface area contributed by atoms with Gasteiger partial charge in [-0.05, 0) is 30.5 Å². The average molecular weight is 321 g/mol. The lowest BCUT2D eigenvalue weighted by Crippen LogP contribution is -2.13. The number of imidazole rings is 1. The Morgan fingerprint density at radius 1 is 1.44 bits per heavy atom. The first-order chi connectivity index (χ1) is 8.74. The fourth-order valence-electron chi connectivity index (χ4n) is 2.37. The molecule has 90 valence electrons. The van der Waals surface area contributed by atoms with Gasteiger partial charge in [0.05, 0.1) is 5.25 Å². The van der Waals surface area contributed by atoms with Crippen molar-refractivity contribution in [3.05, 3.63) is 45.7 Å². The zero-order valence-electron chi connectivity index (χ0n) is 9.55. The standard InChI is InChI=1S/C13H9BrN2OS/c1-7-5-18-12-9-4-8(14)2-3-10(9)17-13-11(12)16(7)6-15-13/h2-6,12H,1H3. The Morgan fingerprint density at radius 3 is 3.22 bits per heavy atom. The molecular weight excluding hydrogens is 312 g/mol. The van der Waals surface area contributed by atoms with Gasteiger partial charge >= 0.3 is 0 Å². The van der Waals surface area contributed by atoms with Crippen LogP contribution in [0.3, 0.4) is 0 Å². The lowest BCUT2D eigenvalue weighted by molar-refractivity contribution is 0.441. The van der Waals surface area contributed by atoms with Crippen molar-refractivity contribution in [3.8, 4) is 11.6 Å². The fraction of sp³-hybridized carbons (Fsp3) is 0.154. The van der Waals surface area contributed by atoms with E-state index < -0.39 is 0 Å². The number of halogens is 1. The third-order valence-corrected chi connectivity index (χ3v) is 4.95. The van der Waals surface area contributed by atoms with Crippen molar-refractivity contribution in [2.45, 2.75) is 12.2 Å². The van der Waals surface area contributed by atoms with Crippen LogP contribution in [0, 0.1) is 0 Å². The number of thioether (sulfide) groups is 1. The molecule has 1 aromatic carbocycles. The molecule has 0 N–H and O–H groups in total. The van der Waals surface area contributed by atoms with Crippen molar-refractivity contribution in [2.75, 3.05) is 0 Å². The number of benzene rings is 1. The minimum absolute atomic E-state index is 0.271. The maximum absolute atomic E-state index is 5.87. The largest absolute Gasteiger partial charge is 0.437 e. The van der Waals surface area contributed by atoms with Crippen LogP contribution in [0.5, 0.6) is 11.6 Å². The van der Waals surface area contributed by atoms with E-state index in [1.807, 2.05) is 30.2 Å². The average Bonchev–Trinajstić information content (AvgIpc) is 2.78. The van der Waals surface area contributed by atoms with E-state index in [1.165, 1.54) is 11.3 Å². The molecule has 0 spiro atoms. The van der Waals surface area contributed by atoms with Crippen molar-refractivity contribution in [3.63, 3.8) is 0 Å². The second kappa shape index (κ2) is 3.65. The zero-order chi connectivity index (χ0) is 12.3. The van der Waals surface area contributed by atoms with Gasteiger partial charge in [0.15, 0.2) is 0 Å². The van der Waals surface area contributed by atoms with Crippen molar-refractivity contribution in [2.24, 2.45) is 0 Å². The van der Waals surface area contributed by atoms with Gasteiger partial charge in [0.25, 0.3) is 0 Å². The van der Waals surface area contributed by atoms with Crippen LogP contribution in [0.4, 0.5) is 0 Å². The minimum atomic E-state index is 0.271. The molecule has 0 fully saturated rings. The van der Waals surface area contributed by atoms with Gasteiger partial charge < -0.3 is 9.30 Å². The SMILES string of the molecule is CC1=CSC2c3cc(Br)ccc3Oc3ncn1c32. The maximum Gasteiger partial charge on any atom is 0.242 e. The van der Waals surface area contributed by atoms with Crippen LogP contribution in [0.25, 0.3) is 5.70 Å². The van der Waals surface area contributed by atoms with Crippen molar-refractivity contribution in [1.82, 2.24) is 9.55 Å². The number of nitrogens with zero attached hydrogens (tertiary/aromatic N) is 2. The van der Waals surface area contributed by atoms with Gasteiger partial charge in [0.2, 0.25) is 5.88 Å². The summed E-state index contributed by atoms with van der Waals surface area (Å²) in [5.41, 5.74) is 3.53. The minimum Gasteiger partial charge on any atom is -0.437 e. The highest BCUT2D eigenvalue weighted by atomic mass is 79.9. The Bertz CT molecular complexity index is 692. The molecule has 2 aliphatic heterocycles. The first-order valence-corrected chi connectivity index (χ1v) is 7.35. The lowest BCUT2D eigenvalue weighted by Gasteiger charge is -2.28. The molecule has 2 aromatic rings. The molecule has 0 saturated heterocycles. The smallest absolute Gasteiger partial charge is 0.242 e. The second-order valence-electron chi connectivity index (χ2n) is 4.36. The van der Waals surface area contributed by atoms with E-state index in [0.717, 1.165) is 21.8 Å². The molecule has 0 amide bonds. The Labute approximate surface area is 117 Å². The summed E-state index contributed by atoms with van der Waals surface area (Å²) in [6.07, 6.45) is 1.84. The van der Waals surface area contributed by atoms with Crippen molar-refractivity contribution < 1.29 is 4.74 Å². The number of hydrogen-bond acceptors (Lipinski definition) is 3.